The van der Waals surface area contributed by atoms with Crippen molar-refractivity contribution in [3.05, 3.63) is 17.5 Å². The Morgan fingerprint density at radius 3 is 2.56 bits per heavy atom. The number of rotatable bonds is 6. The summed E-state index contributed by atoms with van der Waals surface area (Å²) in [6.07, 6.45) is 0.598. The van der Waals surface area contributed by atoms with Crippen LogP contribution in [0.3, 0.4) is 0 Å². The lowest BCUT2D eigenvalue weighted by Crippen LogP contribution is -2.26. The van der Waals surface area contributed by atoms with Gasteiger partial charge in [-0.1, -0.05) is 6.92 Å². The number of nitrogens with one attached hydrogen (secondary N) is 1. The Balaban J connectivity index is 2.79. The van der Waals surface area contributed by atoms with Gasteiger partial charge in [-0.15, -0.1) is 0 Å². The van der Waals surface area contributed by atoms with Gasteiger partial charge >= 0.3 is 0 Å². The summed E-state index contributed by atoms with van der Waals surface area (Å²) in [5, 5.41) is 0. The Labute approximate surface area is 108 Å². The summed E-state index contributed by atoms with van der Waals surface area (Å²) in [5.74, 6) is 0.720. The Bertz CT molecular complexity index is 500. The molecule has 0 fully saturated rings. The summed E-state index contributed by atoms with van der Waals surface area (Å²) in [6.45, 7) is 3.89. The Morgan fingerprint density at radius 2 is 2.00 bits per heavy atom. The van der Waals surface area contributed by atoms with Crippen molar-refractivity contribution in [3.8, 4) is 0 Å². The third-order valence-electron chi connectivity index (χ3n) is 2.24. The number of nitrogens with zero attached hydrogens (tertiary/aromatic N) is 3. The Kier molecular flexibility index (Phi) is 5.03. The van der Waals surface area contributed by atoms with Crippen molar-refractivity contribution < 1.29 is 8.42 Å². The highest BCUT2D eigenvalue weighted by molar-refractivity contribution is 7.89. The van der Waals surface area contributed by atoms with Crippen LogP contribution in [0.2, 0.25) is 0 Å². The van der Waals surface area contributed by atoms with Crippen LogP contribution in [-0.2, 0) is 16.6 Å². The average molecular weight is 272 g/mol. The van der Waals surface area contributed by atoms with Crippen LogP contribution in [-0.4, -0.2) is 38.2 Å². The van der Waals surface area contributed by atoms with Gasteiger partial charge in [-0.25, -0.2) is 23.1 Å². The van der Waals surface area contributed by atoms with Gasteiger partial charge in [0.2, 0.25) is 16.0 Å². The second-order valence-electron chi connectivity index (χ2n) is 4.34. The lowest BCUT2D eigenvalue weighted by molar-refractivity contribution is 0.579. The van der Waals surface area contributed by atoms with Crippen molar-refractivity contribution in [1.82, 2.24) is 14.7 Å². The molecule has 1 aromatic rings. The summed E-state index contributed by atoms with van der Waals surface area (Å²) < 4.78 is 25.6. The molecular formula is C11H20N4O2S. The topological polar surface area (TPSA) is 75.2 Å². The molecule has 1 rings (SSSR count). The number of aromatic nitrogens is 2. The third kappa shape index (κ3) is 4.58. The molecule has 102 valence electrons. The lowest BCUT2D eigenvalue weighted by atomic mass is 10.3. The van der Waals surface area contributed by atoms with E-state index in [0.717, 1.165) is 5.69 Å². The molecule has 0 saturated carbocycles. The molecule has 0 saturated heterocycles. The fourth-order valence-corrected chi connectivity index (χ4v) is 2.48. The van der Waals surface area contributed by atoms with E-state index >= 15 is 0 Å². The maximum absolute atomic E-state index is 11.5. The molecule has 0 aliphatic heterocycles. The summed E-state index contributed by atoms with van der Waals surface area (Å²) in [7, 11) is 0.494. The molecule has 0 radical (unpaired) electrons. The minimum atomic E-state index is -3.20. The molecule has 0 bridgehead atoms. The van der Waals surface area contributed by atoms with E-state index in [-0.39, 0.29) is 12.3 Å². The molecule has 0 aromatic carbocycles. The van der Waals surface area contributed by atoms with Crippen molar-refractivity contribution in [2.75, 3.05) is 24.7 Å². The van der Waals surface area contributed by atoms with Crippen molar-refractivity contribution in [2.24, 2.45) is 0 Å². The molecule has 1 heterocycles. The van der Waals surface area contributed by atoms with Crippen LogP contribution in [0, 0.1) is 6.92 Å². The van der Waals surface area contributed by atoms with Gasteiger partial charge in [0.05, 0.1) is 18.0 Å². The SMILES string of the molecule is CCCS(=O)(=O)NCc1cc(C)nc(N(C)C)n1. The van der Waals surface area contributed by atoms with E-state index in [1.54, 1.807) is 11.0 Å². The Hall–Kier alpha value is -1.21. The normalized spacial score (nSPS) is 11.6. The van der Waals surface area contributed by atoms with E-state index < -0.39 is 10.0 Å². The molecule has 0 aliphatic rings. The second kappa shape index (κ2) is 6.10. The van der Waals surface area contributed by atoms with Crippen LogP contribution in [0.4, 0.5) is 5.95 Å². The summed E-state index contributed by atoms with van der Waals surface area (Å²) in [6, 6.07) is 1.78. The van der Waals surface area contributed by atoms with E-state index in [0.29, 0.717) is 18.1 Å². The molecule has 0 spiro atoms. The van der Waals surface area contributed by atoms with Gasteiger partial charge in [0.1, 0.15) is 0 Å². The Morgan fingerprint density at radius 1 is 1.33 bits per heavy atom. The van der Waals surface area contributed by atoms with E-state index in [4.69, 9.17) is 0 Å². The van der Waals surface area contributed by atoms with E-state index in [2.05, 4.69) is 14.7 Å². The molecule has 0 unspecified atom stereocenters. The van der Waals surface area contributed by atoms with E-state index in [1.807, 2.05) is 27.9 Å². The van der Waals surface area contributed by atoms with Crippen LogP contribution in [0.5, 0.6) is 0 Å². The molecule has 1 N–H and O–H groups in total. The number of anilines is 1. The quantitative estimate of drug-likeness (QED) is 0.824. The molecule has 7 heteroatoms. The number of hydrogen-bond acceptors (Lipinski definition) is 5. The van der Waals surface area contributed by atoms with Gasteiger partial charge < -0.3 is 4.90 Å². The molecule has 18 heavy (non-hydrogen) atoms. The van der Waals surface area contributed by atoms with Gasteiger partial charge in [-0.2, -0.15) is 0 Å². The minimum Gasteiger partial charge on any atom is -0.347 e. The second-order valence-corrected chi connectivity index (χ2v) is 6.26. The maximum atomic E-state index is 11.5. The van der Waals surface area contributed by atoms with Crippen LogP contribution < -0.4 is 9.62 Å². The first kappa shape index (κ1) is 14.8. The molecule has 6 nitrogen and oxygen atoms in total. The molecule has 0 atom stereocenters. The van der Waals surface area contributed by atoms with E-state index in [1.165, 1.54) is 0 Å². The first-order chi connectivity index (χ1) is 8.34. The summed E-state index contributed by atoms with van der Waals surface area (Å²) in [5.41, 5.74) is 1.49. The predicted octanol–water partition coefficient (Wildman–Crippen LogP) is 0.680. The van der Waals surface area contributed by atoms with Gasteiger partial charge in [-0.3, -0.25) is 0 Å². The molecule has 0 aliphatic carbocycles. The first-order valence-corrected chi connectivity index (χ1v) is 7.48. The van der Waals surface area contributed by atoms with Crippen LogP contribution in [0.1, 0.15) is 24.7 Å². The smallest absolute Gasteiger partial charge is 0.225 e. The summed E-state index contributed by atoms with van der Waals surface area (Å²) in [4.78, 5) is 10.3. The zero-order valence-corrected chi connectivity index (χ0v) is 12.1. The number of aryl methyl sites for hydroxylation is 1. The van der Waals surface area contributed by atoms with Crippen LogP contribution >= 0.6 is 0 Å². The number of sulfonamides is 1. The highest BCUT2D eigenvalue weighted by Crippen LogP contribution is 2.07. The fraction of sp³-hybridized carbons (Fsp3) is 0.636. The van der Waals surface area contributed by atoms with E-state index in [9.17, 15) is 8.42 Å². The van der Waals surface area contributed by atoms with Gasteiger partial charge in [0.15, 0.2) is 0 Å². The van der Waals surface area contributed by atoms with Gasteiger partial charge in [0.25, 0.3) is 0 Å². The van der Waals surface area contributed by atoms with Gasteiger partial charge in [-0.05, 0) is 19.4 Å². The highest BCUT2D eigenvalue weighted by atomic mass is 32.2. The number of hydrogen-bond donors (Lipinski definition) is 1. The van der Waals surface area contributed by atoms with Gasteiger partial charge in [0, 0.05) is 19.8 Å². The van der Waals surface area contributed by atoms with Crippen LogP contribution in [0.25, 0.3) is 0 Å². The van der Waals surface area contributed by atoms with Crippen molar-refractivity contribution in [1.29, 1.82) is 0 Å². The third-order valence-corrected chi connectivity index (χ3v) is 3.77. The zero-order chi connectivity index (χ0) is 13.8. The predicted molar refractivity (Wildman–Crippen MR) is 72.0 cm³/mol. The van der Waals surface area contributed by atoms with Crippen molar-refractivity contribution in [2.45, 2.75) is 26.8 Å². The van der Waals surface area contributed by atoms with Crippen molar-refractivity contribution in [3.63, 3.8) is 0 Å². The van der Waals surface area contributed by atoms with Crippen LogP contribution in [0.15, 0.2) is 6.07 Å². The summed E-state index contributed by atoms with van der Waals surface area (Å²) >= 11 is 0. The minimum absolute atomic E-state index is 0.137. The molecular weight excluding hydrogens is 252 g/mol. The molecule has 1 aromatic heterocycles. The standard InChI is InChI=1S/C11H20N4O2S/c1-5-6-18(16,17)12-8-10-7-9(2)13-11(14-10)15(3)4/h7,12H,5-6,8H2,1-4H3. The zero-order valence-electron chi connectivity index (χ0n) is 11.3. The lowest BCUT2D eigenvalue weighted by Gasteiger charge is -2.12. The molecule has 0 amide bonds. The highest BCUT2D eigenvalue weighted by Gasteiger charge is 2.10. The van der Waals surface area contributed by atoms with Crippen molar-refractivity contribution >= 4 is 16.0 Å². The monoisotopic (exact) mass is 272 g/mol. The largest absolute Gasteiger partial charge is 0.347 e. The maximum Gasteiger partial charge on any atom is 0.225 e. The fourth-order valence-electron chi connectivity index (χ4n) is 1.43. The average Bonchev–Trinajstić information content (AvgIpc) is 2.26. The first-order valence-electron chi connectivity index (χ1n) is 5.83.